The molecule has 0 aromatic rings. The molecular formula is C6H5O3. The van der Waals surface area contributed by atoms with Crippen molar-refractivity contribution in [3.05, 3.63) is 24.0 Å². The van der Waals surface area contributed by atoms with Crippen LogP contribution in [0, 0.1) is 0 Å². The van der Waals surface area contributed by atoms with Gasteiger partial charge in [0.2, 0.25) is 0 Å². The van der Waals surface area contributed by atoms with Gasteiger partial charge in [-0.05, 0) is 6.08 Å². The van der Waals surface area contributed by atoms with Crippen LogP contribution in [0.4, 0.5) is 0 Å². The Morgan fingerprint density at radius 2 is 2.33 bits per heavy atom. The van der Waals surface area contributed by atoms with E-state index in [0.29, 0.717) is 0 Å². The number of ether oxygens (including phenoxy) is 1. The summed E-state index contributed by atoms with van der Waals surface area (Å²) in [6.07, 6.45) is 1.36. The van der Waals surface area contributed by atoms with E-state index in [1.165, 1.54) is 6.08 Å². The number of hydrogen-bond donors (Lipinski definition) is 0. The van der Waals surface area contributed by atoms with Crippen LogP contribution in [-0.2, 0) is 14.6 Å². The molecule has 0 bridgehead atoms. The molecule has 47 valence electrons. The van der Waals surface area contributed by atoms with Gasteiger partial charge in [-0.3, -0.25) is 0 Å². The van der Waals surface area contributed by atoms with Gasteiger partial charge in [-0.1, -0.05) is 6.58 Å². The summed E-state index contributed by atoms with van der Waals surface area (Å²) >= 11 is 0. The lowest BCUT2D eigenvalue weighted by Crippen LogP contribution is -1.97. The Kier molecular flexibility index (Phi) is 1.36. The monoisotopic (exact) mass is 125 g/mol. The van der Waals surface area contributed by atoms with E-state index in [2.05, 4.69) is 11.3 Å². The van der Waals surface area contributed by atoms with Crippen LogP contribution in [0.5, 0.6) is 0 Å². The van der Waals surface area contributed by atoms with E-state index in [-0.39, 0.29) is 11.3 Å². The van der Waals surface area contributed by atoms with Gasteiger partial charge >= 0.3 is 5.97 Å². The predicted molar refractivity (Wildman–Crippen MR) is 28.9 cm³/mol. The molecule has 0 atom stereocenters. The van der Waals surface area contributed by atoms with Crippen LogP contribution in [-0.4, -0.2) is 12.6 Å². The summed E-state index contributed by atoms with van der Waals surface area (Å²) in [6.45, 7) is 2.85. The molecule has 1 aliphatic rings. The molecule has 0 spiro atoms. The summed E-state index contributed by atoms with van der Waals surface area (Å²) in [5.74, 6) is -0.356. The molecule has 1 rings (SSSR count). The van der Waals surface area contributed by atoms with E-state index in [1.54, 1.807) is 0 Å². The maximum atomic E-state index is 10.4. The molecule has 0 saturated carbocycles. The van der Waals surface area contributed by atoms with E-state index in [9.17, 15) is 9.90 Å². The Balaban J connectivity index is 2.74. The first-order valence-electron chi connectivity index (χ1n) is 2.44. The van der Waals surface area contributed by atoms with Crippen molar-refractivity contribution in [3.8, 4) is 0 Å². The number of rotatable bonds is 1. The van der Waals surface area contributed by atoms with Gasteiger partial charge in [0.25, 0.3) is 0 Å². The van der Waals surface area contributed by atoms with E-state index in [4.69, 9.17) is 0 Å². The first-order chi connectivity index (χ1) is 4.24. The fourth-order valence-electron chi connectivity index (χ4n) is 0.538. The minimum absolute atomic E-state index is 0.157. The second kappa shape index (κ2) is 2.03. The summed E-state index contributed by atoms with van der Waals surface area (Å²) < 4.78 is 4.43. The standard InChI is InChI=1S/C6H5O3/c1-4-2-5(3-7)9-6(4)8/h2H,1,3H2. The van der Waals surface area contributed by atoms with Gasteiger partial charge in [0.1, 0.15) is 12.4 Å². The lowest BCUT2D eigenvalue weighted by atomic mass is 10.3. The van der Waals surface area contributed by atoms with Crippen molar-refractivity contribution in [1.29, 1.82) is 0 Å². The zero-order valence-corrected chi connectivity index (χ0v) is 4.72. The molecule has 0 fully saturated rings. The van der Waals surface area contributed by atoms with E-state index in [0.717, 1.165) is 0 Å². The smallest absolute Gasteiger partial charge is 0.342 e. The summed E-state index contributed by atoms with van der Waals surface area (Å²) in [4.78, 5) is 10.4. The first-order valence-corrected chi connectivity index (χ1v) is 2.44. The molecule has 0 aromatic carbocycles. The van der Waals surface area contributed by atoms with E-state index in [1.807, 2.05) is 0 Å². The highest BCUT2D eigenvalue weighted by Crippen LogP contribution is 2.13. The van der Waals surface area contributed by atoms with Gasteiger partial charge in [0.05, 0.1) is 5.57 Å². The van der Waals surface area contributed by atoms with Crippen molar-refractivity contribution in [1.82, 2.24) is 0 Å². The minimum Gasteiger partial charge on any atom is -0.425 e. The van der Waals surface area contributed by atoms with Crippen molar-refractivity contribution >= 4 is 5.97 Å². The maximum Gasteiger partial charge on any atom is 0.342 e. The van der Waals surface area contributed by atoms with Gasteiger partial charge in [-0.15, -0.1) is 0 Å². The van der Waals surface area contributed by atoms with E-state index >= 15 is 0 Å². The van der Waals surface area contributed by atoms with Gasteiger partial charge in [0, 0.05) is 0 Å². The molecule has 0 amide bonds. The Morgan fingerprint density at radius 3 is 2.56 bits per heavy atom. The third kappa shape index (κ3) is 1.000. The molecule has 0 unspecified atom stereocenters. The van der Waals surface area contributed by atoms with Crippen molar-refractivity contribution in [2.45, 2.75) is 0 Å². The topological polar surface area (TPSA) is 46.2 Å². The summed E-state index contributed by atoms with van der Waals surface area (Å²) in [6, 6.07) is 0. The molecule has 0 aromatic heterocycles. The number of cyclic esters (lactones) is 1. The van der Waals surface area contributed by atoms with E-state index < -0.39 is 12.6 Å². The van der Waals surface area contributed by atoms with Gasteiger partial charge in [0.15, 0.2) is 0 Å². The SMILES string of the molecule is C=C1C=C(C[O])OC1=O. The Bertz CT molecular complexity index is 190. The van der Waals surface area contributed by atoms with Crippen molar-refractivity contribution < 1.29 is 14.6 Å². The van der Waals surface area contributed by atoms with Crippen LogP contribution in [0.25, 0.3) is 0 Å². The van der Waals surface area contributed by atoms with Crippen LogP contribution < -0.4 is 0 Å². The molecule has 0 saturated heterocycles. The lowest BCUT2D eigenvalue weighted by Gasteiger charge is -1.91. The molecule has 1 radical (unpaired) electrons. The Hall–Kier alpha value is -1.09. The zero-order chi connectivity index (χ0) is 6.85. The average Bonchev–Trinajstić information content (AvgIpc) is 2.13. The van der Waals surface area contributed by atoms with Crippen LogP contribution in [0.2, 0.25) is 0 Å². The fraction of sp³-hybridized carbons (Fsp3) is 0.167. The fourth-order valence-corrected chi connectivity index (χ4v) is 0.538. The number of esters is 1. The van der Waals surface area contributed by atoms with Crippen LogP contribution in [0.1, 0.15) is 0 Å². The molecule has 1 heterocycles. The number of hydrogen-bond acceptors (Lipinski definition) is 2. The molecule has 3 heteroatoms. The Labute approximate surface area is 52.2 Å². The zero-order valence-electron chi connectivity index (χ0n) is 4.72. The Morgan fingerprint density at radius 1 is 1.67 bits per heavy atom. The summed E-state index contributed by atoms with van der Waals surface area (Å²) in [5, 5.41) is 10.0. The normalized spacial score (nSPS) is 17.7. The van der Waals surface area contributed by atoms with Gasteiger partial charge in [-0.2, -0.15) is 0 Å². The van der Waals surface area contributed by atoms with Gasteiger partial charge < -0.3 is 4.74 Å². The molecule has 1 aliphatic heterocycles. The molecule has 3 nitrogen and oxygen atoms in total. The third-order valence-electron chi connectivity index (χ3n) is 0.963. The number of carbonyl (C=O) groups is 1. The largest absolute Gasteiger partial charge is 0.425 e. The molecular weight excluding hydrogens is 120 g/mol. The highest BCUT2D eigenvalue weighted by Gasteiger charge is 2.17. The second-order valence-corrected chi connectivity index (χ2v) is 1.67. The number of carbonyl (C=O) groups excluding carboxylic acids is 1. The van der Waals surface area contributed by atoms with Crippen LogP contribution in [0.3, 0.4) is 0 Å². The highest BCUT2D eigenvalue weighted by atomic mass is 16.5. The third-order valence-corrected chi connectivity index (χ3v) is 0.963. The van der Waals surface area contributed by atoms with Crippen molar-refractivity contribution in [2.75, 3.05) is 6.61 Å². The summed E-state index contributed by atoms with van der Waals surface area (Å²) in [7, 11) is 0. The molecule has 9 heavy (non-hydrogen) atoms. The second-order valence-electron chi connectivity index (χ2n) is 1.67. The van der Waals surface area contributed by atoms with Crippen molar-refractivity contribution in [3.63, 3.8) is 0 Å². The predicted octanol–water partition coefficient (Wildman–Crippen LogP) is 0.414. The quantitative estimate of drug-likeness (QED) is 0.376. The minimum atomic E-state index is -0.513. The maximum absolute atomic E-state index is 10.4. The molecule has 0 aliphatic carbocycles. The van der Waals surface area contributed by atoms with Crippen LogP contribution in [0.15, 0.2) is 24.0 Å². The summed E-state index contributed by atoms with van der Waals surface area (Å²) in [5.41, 5.74) is 0.251. The van der Waals surface area contributed by atoms with Crippen molar-refractivity contribution in [2.24, 2.45) is 0 Å². The first kappa shape index (κ1) is 6.04. The highest BCUT2D eigenvalue weighted by molar-refractivity contribution is 5.94. The average molecular weight is 125 g/mol. The lowest BCUT2D eigenvalue weighted by molar-refractivity contribution is -0.134. The van der Waals surface area contributed by atoms with Gasteiger partial charge in [-0.25, -0.2) is 9.90 Å². The van der Waals surface area contributed by atoms with Crippen LogP contribution >= 0.6 is 0 Å². The molecule has 0 N–H and O–H groups in total.